The van der Waals surface area contributed by atoms with E-state index in [0.717, 1.165) is 10.0 Å². The summed E-state index contributed by atoms with van der Waals surface area (Å²) in [5.74, 6) is 0.185. The molecule has 1 aromatic heterocycles. The number of anilines is 1. The Balaban J connectivity index is 1.56. The van der Waals surface area contributed by atoms with Gasteiger partial charge < -0.3 is 4.90 Å². The second-order valence-corrected chi connectivity index (χ2v) is 9.95. The Hall–Kier alpha value is -2.59. The van der Waals surface area contributed by atoms with Crippen LogP contribution in [0.5, 0.6) is 0 Å². The third-order valence-corrected chi connectivity index (χ3v) is 6.99. The maximum atomic E-state index is 13.1. The van der Waals surface area contributed by atoms with Gasteiger partial charge in [0.1, 0.15) is 6.54 Å². The van der Waals surface area contributed by atoms with E-state index in [0.29, 0.717) is 17.9 Å². The van der Waals surface area contributed by atoms with Crippen LogP contribution in [0.1, 0.15) is 6.42 Å². The number of aromatic nitrogens is 4. The molecule has 0 aliphatic carbocycles. The number of halogens is 1. The van der Waals surface area contributed by atoms with Crippen LogP contribution in [0.2, 0.25) is 0 Å². The van der Waals surface area contributed by atoms with Crippen molar-refractivity contribution in [2.45, 2.75) is 19.0 Å². The van der Waals surface area contributed by atoms with Crippen molar-refractivity contribution in [3.8, 4) is 11.4 Å². The minimum atomic E-state index is -3.14. The molecule has 1 aliphatic rings. The van der Waals surface area contributed by atoms with Crippen LogP contribution in [0.15, 0.2) is 59.1 Å². The van der Waals surface area contributed by atoms with Gasteiger partial charge >= 0.3 is 0 Å². The summed E-state index contributed by atoms with van der Waals surface area (Å²) in [6.07, 6.45) is 0.415. The molecule has 0 spiro atoms. The Morgan fingerprint density at radius 2 is 1.86 bits per heavy atom. The Morgan fingerprint density at radius 3 is 2.52 bits per heavy atom. The van der Waals surface area contributed by atoms with Gasteiger partial charge in [0, 0.05) is 15.7 Å². The smallest absolute Gasteiger partial charge is 0.250 e. The second-order valence-electron chi connectivity index (χ2n) is 6.81. The fraction of sp³-hybridized carbons (Fsp3) is 0.263. The van der Waals surface area contributed by atoms with E-state index in [9.17, 15) is 13.2 Å². The predicted octanol–water partition coefficient (Wildman–Crippen LogP) is 2.32. The van der Waals surface area contributed by atoms with Crippen LogP contribution in [0.4, 0.5) is 5.69 Å². The molecule has 10 heteroatoms. The molecule has 0 N–H and O–H groups in total. The van der Waals surface area contributed by atoms with Gasteiger partial charge in [-0.3, -0.25) is 4.79 Å². The normalized spacial score (nSPS) is 17.9. The van der Waals surface area contributed by atoms with Crippen molar-refractivity contribution < 1.29 is 13.2 Å². The minimum absolute atomic E-state index is 0.0391. The molecule has 1 fully saturated rings. The van der Waals surface area contributed by atoms with Gasteiger partial charge in [0.25, 0.3) is 5.91 Å². The highest BCUT2D eigenvalue weighted by atomic mass is 79.9. The Labute approximate surface area is 176 Å². The molecular formula is C19H18BrN5O3S. The Kier molecular flexibility index (Phi) is 5.46. The van der Waals surface area contributed by atoms with Crippen LogP contribution in [0, 0.1) is 0 Å². The van der Waals surface area contributed by atoms with Crippen molar-refractivity contribution in [3.63, 3.8) is 0 Å². The average Bonchev–Trinajstić information content (AvgIpc) is 3.30. The van der Waals surface area contributed by atoms with Gasteiger partial charge in [0.15, 0.2) is 9.84 Å². The molecule has 0 saturated carbocycles. The monoisotopic (exact) mass is 475 g/mol. The molecule has 1 unspecified atom stereocenters. The van der Waals surface area contributed by atoms with Gasteiger partial charge in [-0.2, -0.15) is 4.80 Å². The van der Waals surface area contributed by atoms with E-state index in [1.807, 2.05) is 42.5 Å². The summed E-state index contributed by atoms with van der Waals surface area (Å²) in [6, 6.07) is 16.1. The summed E-state index contributed by atoms with van der Waals surface area (Å²) in [4.78, 5) is 15.9. The number of tetrazole rings is 1. The number of rotatable bonds is 5. The molecule has 0 bridgehead atoms. The average molecular weight is 476 g/mol. The van der Waals surface area contributed by atoms with Crippen LogP contribution in [0.25, 0.3) is 11.4 Å². The van der Waals surface area contributed by atoms with Gasteiger partial charge in [-0.15, -0.1) is 10.2 Å². The van der Waals surface area contributed by atoms with Gasteiger partial charge in [-0.1, -0.05) is 34.1 Å². The van der Waals surface area contributed by atoms with Crippen molar-refractivity contribution >= 4 is 37.4 Å². The first-order valence-electron chi connectivity index (χ1n) is 9.02. The molecule has 29 heavy (non-hydrogen) atoms. The molecule has 1 atom stereocenters. The maximum Gasteiger partial charge on any atom is 0.250 e. The Bertz CT molecular complexity index is 1120. The number of carbonyl (C=O) groups is 1. The highest BCUT2D eigenvalue weighted by molar-refractivity contribution is 9.10. The first-order chi connectivity index (χ1) is 13.9. The summed E-state index contributed by atoms with van der Waals surface area (Å²) in [7, 11) is -3.14. The number of nitrogens with zero attached hydrogens (tertiary/aromatic N) is 5. The topological polar surface area (TPSA) is 98.1 Å². The van der Waals surface area contributed by atoms with Crippen molar-refractivity contribution in [2.24, 2.45) is 0 Å². The fourth-order valence-corrected chi connectivity index (χ4v) is 5.31. The summed E-state index contributed by atoms with van der Waals surface area (Å²) >= 11 is 3.38. The van der Waals surface area contributed by atoms with E-state index in [1.54, 1.807) is 17.0 Å². The molecule has 2 heterocycles. The van der Waals surface area contributed by atoms with Gasteiger partial charge in [0.2, 0.25) is 5.82 Å². The van der Waals surface area contributed by atoms with Crippen LogP contribution in [-0.2, 0) is 21.2 Å². The van der Waals surface area contributed by atoms with Crippen LogP contribution in [-0.4, -0.2) is 52.1 Å². The van der Waals surface area contributed by atoms with E-state index < -0.39 is 15.9 Å². The third kappa shape index (κ3) is 4.54. The van der Waals surface area contributed by atoms with Crippen molar-refractivity contribution in [1.82, 2.24) is 20.2 Å². The quantitative estimate of drug-likeness (QED) is 0.561. The van der Waals surface area contributed by atoms with E-state index in [-0.39, 0.29) is 24.0 Å². The van der Waals surface area contributed by atoms with Crippen molar-refractivity contribution in [2.75, 3.05) is 16.4 Å². The summed E-state index contributed by atoms with van der Waals surface area (Å²) < 4.78 is 24.9. The van der Waals surface area contributed by atoms with E-state index in [2.05, 4.69) is 31.3 Å². The van der Waals surface area contributed by atoms with Crippen LogP contribution < -0.4 is 4.90 Å². The Morgan fingerprint density at radius 1 is 1.14 bits per heavy atom. The lowest BCUT2D eigenvalue weighted by molar-refractivity contribution is -0.120. The summed E-state index contributed by atoms with van der Waals surface area (Å²) in [5.41, 5.74) is 1.45. The lowest BCUT2D eigenvalue weighted by atomic mass is 10.2. The first-order valence-corrected chi connectivity index (χ1v) is 11.6. The summed E-state index contributed by atoms with van der Waals surface area (Å²) in [6.45, 7) is -0.130. The second kappa shape index (κ2) is 8.03. The van der Waals surface area contributed by atoms with Gasteiger partial charge in [-0.05, 0) is 48.0 Å². The highest BCUT2D eigenvalue weighted by Crippen LogP contribution is 2.25. The largest absolute Gasteiger partial charge is 0.307 e. The number of sulfone groups is 1. The molecule has 3 aromatic rings. The fourth-order valence-electron chi connectivity index (χ4n) is 3.35. The highest BCUT2D eigenvalue weighted by Gasteiger charge is 2.35. The van der Waals surface area contributed by atoms with E-state index >= 15 is 0 Å². The zero-order chi connectivity index (χ0) is 20.4. The third-order valence-electron chi connectivity index (χ3n) is 4.71. The molecule has 4 rings (SSSR count). The van der Waals surface area contributed by atoms with Crippen LogP contribution >= 0.6 is 15.9 Å². The summed E-state index contributed by atoms with van der Waals surface area (Å²) in [5, 5.41) is 12.3. The van der Waals surface area contributed by atoms with E-state index in [4.69, 9.17) is 0 Å². The number of amides is 1. The van der Waals surface area contributed by atoms with E-state index in [1.165, 1.54) is 4.80 Å². The van der Waals surface area contributed by atoms with Crippen molar-refractivity contribution in [1.29, 1.82) is 0 Å². The first kappa shape index (κ1) is 19.7. The zero-order valence-electron chi connectivity index (χ0n) is 15.3. The van der Waals surface area contributed by atoms with Crippen molar-refractivity contribution in [3.05, 3.63) is 59.1 Å². The molecular weight excluding hydrogens is 458 g/mol. The molecule has 150 valence electrons. The minimum Gasteiger partial charge on any atom is -0.307 e. The van der Waals surface area contributed by atoms with Gasteiger partial charge in [-0.25, -0.2) is 8.42 Å². The number of hydrogen-bond acceptors (Lipinski definition) is 6. The number of para-hydroxylation sites is 1. The molecule has 2 aromatic carbocycles. The standard InChI is InChI=1S/C19H18BrN5O3S/c20-15-8-6-14(7-9-15)19-21-23-24(22-19)12-18(26)25(16-4-2-1-3-5-16)17-10-11-29(27,28)13-17/h1-9,17H,10-13H2. The maximum absolute atomic E-state index is 13.1. The lowest BCUT2D eigenvalue weighted by Crippen LogP contribution is -2.43. The van der Waals surface area contributed by atoms with Gasteiger partial charge in [0.05, 0.1) is 17.5 Å². The molecule has 8 nitrogen and oxygen atoms in total. The zero-order valence-corrected chi connectivity index (χ0v) is 17.8. The molecule has 0 radical (unpaired) electrons. The number of benzene rings is 2. The molecule has 1 amide bonds. The molecule has 1 aliphatic heterocycles. The number of carbonyl (C=O) groups excluding carboxylic acids is 1. The lowest BCUT2D eigenvalue weighted by Gasteiger charge is -2.28. The SMILES string of the molecule is O=C(Cn1nnc(-c2ccc(Br)cc2)n1)N(c1ccccc1)C1CCS(=O)(=O)C1. The van der Waals surface area contributed by atoms with Crippen LogP contribution in [0.3, 0.4) is 0 Å². The number of hydrogen-bond donors (Lipinski definition) is 0. The molecule has 1 saturated heterocycles. The predicted molar refractivity (Wildman–Crippen MR) is 112 cm³/mol.